The minimum atomic E-state index is -0.0238. The molecule has 0 aromatic rings. The lowest BCUT2D eigenvalue weighted by Gasteiger charge is -2.27. The number of amides is 2. The molecule has 0 aromatic carbocycles. The Morgan fingerprint density at radius 3 is 1.33 bits per heavy atom. The second-order valence-electron chi connectivity index (χ2n) is 9.06. The van der Waals surface area contributed by atoms with E-state index in [0.29, 0.717) is 13.1 Å². The number of nitrogens with zero attached hydrogens (tertiary/aromatic N) is 1. The number of hydrogen-bond donors (Lipinski definition) is 2. The van der Waals surface area contributed by atoms with E-state index in [0.717, 1.165) is 13.1 Å². The summed E-state index contributed by atoms with van der Waals surface area (Å²) in [5.41, 5.74) is -0.0476. The van der Waals surface area contributed by atoms with Crippen LogP contribution in [0.2, 0.25) is 0 Å². The van der Waals surface area contributed by atoms with Crippen LogP contribution < -0.4 is 10.6 Å². The summed E-state index contributed by atoms with van der Waals surface area (Å²) in [6.07, 6.45) is 0. The fraction of sp³-hybridized carbons (Fsp3) is 0.895. The Labute approximate surface area is 148 Å². The highest BCUT2D eigenvalue weighted by molar-refractivity contribution is 5.79. The molecular formula is C19H39N3O2. The predicted molar refractivity (Wildman–Crippen MR) is 101 cm³/mol. The third-order valence-electron chi connectivity index (χ3n) is 4.97. The first-order chi connectivity index (χ1) is 10.8. The quantitative estimate of drug-likeness (QED) is 0.713. The van der Waals surface area contributed by atoms with Crippen LogP contribution in [-0.2, 0) is 9.59 Å². The van der Waals surface area contributed by atoms with E-state index in [9.17, 15) is 9.59 Å². The fourth-order valence-electron chi connectivity index (χ4n) is 1.94. The smallest absolute Gasteiger partial charge is 0.223 e. The van der Waals surface area contributed by atoms with Crippen LogP contribution in [0.15, 0.2) is 0 Å². The van der Waals surface area contributed by atoms with Gasteiger partial charge in [0.25, 0.3) is 0 Å². The summed E-state index contributed by atoms with van der Waals surface area (Å²) >= 11 is 0. The Morgan fingerprint density at radius 2 is 1.08 bits per heavy atom. The molecule has 0 aliphatic heterocycles. The molecule has 0 heterocycles. The molecule has 0 saturated carbocycles. The Hall–Kier alpha value is -1.10. The van der Waals surface area contributed by atoms with Crippen molar-refractivity contribution >= 4 is 11.8 Å². The molecule has 5 heteroatoms. The highest BCUT2D eigenvalue weighted by Crippen LogP contribution is 2.25. The van der Waals surface area contributed by atoms with Crippen molar-refractivity contribution in [3.8, 4) is 0 Å². The maximum absolute atomic E-state index is 12.1. The zero-order chi connectivity index (χ0) is 19.1. The molecule has 0 aliphatic carbocycles. The SMILES string of the molecule is CC(C(=O)NCCN(C)CCNC(=O)C(C)C(C)(C)C)C(C)(C)C. The molecule has 5 nitrogen and oxygen atoms in total. The van der Waals surface area contributed by atoms with E-state index >= 15 is 0 Å². The maximum atomic E-state index is 12.1. The first-order valence-corrected chi connectivity index (χ1v) is 9.00. The van der Waals surface area contributed by atoms with Gasteiger partial charge in [0.05, 0.1) is 0 Å². The van der Waals surface area contributed by atoms with Gasteiger partial charge in [-0.25, -0.2) is 0 Å². The summed E-state index contributed by atoms with van der Waals surface area (Å²) in [7, 11) is 2.00. The van der Waals surface area contributed by atoms with Gasteiger partial charge in [0, 0.05) is 38.0 Å². The molecule has 2 N–H and O–H groups in total. The summed E-state index contributed by atoms with van der Waals surface area (Å²) in [6.45, 7) is 19.2. The van der Waals surface area contributed by atoms with Crippen molar-refractivity contribution in [2.75, 3.05) is 33.2 Å². The Balaban J connectivity index is 3.99. The van der Waals surface area contributed by atoms with Gasteiger partial charge in [-0.2, -0.15) is 0 Å². The number of likely N-dealkylation sites (N-methyl/N-ethyl adjacent to an activating group) is 1. The monoisotopic (exact) mass is 341 g/mol. The molecule has 2 amide bonds. The summed E-state index contributed by atoms with van der Waals surface area (Å²) < 4.78 is 0. The second kappa shape index (κ2) is 9.40. The number of carbonyl (C=O) groups is 2. The molecule has 0 aromatic heterocycles. The van der Waals surface area contributed by atoms with Crippen molar-refractivity contribution in [2.45, 2.75) is 55.4 Å². The van der Waals surface area contributed by atoms with E-state index in [-0.39, 0.29) is 34.5 Å². The number of nitrogens with one attached hydrogen (secondary N) is 2. The van der Waals surface area contributed by atoms with Crippen LogP contribution in [0.4, 0.5) is 0 Å². The average molecular weight is 342 g/mol. The largest absolute Gasteiger partial charge is 0.355 e. The Kier molecular flexibility index (Phi) is 8.97. The van der Waals surface area contributed by atoms with Crippen molar-refractivity contribution in [3.05, 3.63) is 0 Å². The van der Waals surface area contributed by atoms with E-state index in [2.05, 4.69) is 57.1 Å². The third-order valence-corrected chi connectivity index (χ3v) is 4.97. The highest BCUT2D eigenvalue weighted by atomic mass is 16.2. The number of hydrogen-bond acceptors (Lipinski definition) is 3. The van der Waals surface area contributed by atoms with Crippen molar-refractivity contribution in [2.24, 2.45) is 22.7 Å². The van der Waals surface area contributed by atoms with E-state index in [4.69, 9.17) is 0 Å². The van der Waals surface area contributed by atoms with Gasteiger partial charge in [0.2, 0.25) is 11.8 Å². The first kappa shape index (κ1) is 22.9. The van der Waals surface area contributed by atoms with E-state index < -0.39 is 0 Å². The molecule has 0 radical (unpaired) electrons. The maximum Gasteiger partial charge on any atom is 0.223 e. The van der Waals surface area contributed by atoms with Gasteiger partial charge >= 0.3 is 0 Å². The normalized spacial score (nSPS) is 15.1. The van der Waals surface area contributed by atoms with Crippen LogP contribution in [0, 0.1) is 22.7 Å². The van der Waals surface area contributed by atoms with E-state index in [1.54, 1.807) is 0 Å². The van der Waals surface area contributed by atoms with Crippen LogP contribution in [0.1, 0.15) is 55.4 Å². The van der Waals surface area contributed by atoms with E-state index in [1.807, 2.05) is 20.9 Å². The number of carbonyl (C=O) groups excluding carboxylic acids is 2. The topological polar surface area (TPSA) is 61.4 Å². The molecule has 2 unspecified atom stereocenters. The van der Waals surface area contributed by atoms with Crippen molar-refractivity contribution in [3.63, 3.8) is 0 Å². The van der Waals surface area contributed by atoms with Gasteiger partial charge < -0.3 is 15.5 Å². The zero-order valence-electron chi connectivity index (χ0n) is 17.2. The molecular weight excluding hydrogens is 302 g/mol. The van der Waals surface area contributed by atoms with Crippen molar-refractivity contribution < 1.29 is 9.59 Å². The fourth-order valence-corrected chi connectivity index (χ4v) is 1.94. The molecule has 24 heavy (non-hydrogen) atoms. The van der Waals surface area contributed by atoms with Gasteiger partial charge in [-0.1, -0.05) is 55.4 Å². The minimum Gasteiger partial charge on any atom is -0.355 e. The predicted octanol–water partition coefficient (Wildman–Crippen LogP) is 2.51. The lowest BCUT2D eigenvalue weighted by molar-refractivity contribution is -0.128. The first-order valence-electron chi connectivity index (χ1n) is 9.00. The van der Waals surface area contributed by atoms with Gasteiger partial charge in [-0.05, 0) is 17.9 Å². The minimum absolute atomic E-state index is 0.0130. The van der Waals surface area contributed by atoms with Gasteiger partial charge in [0.1, 0.15) is 0 Å². The van der Waals surface area contributed by atoms with Gasteiger partial charge in [0.15, 0.2) is 0 Å². The molecule has 0 fully saturated rings. The summed E-state index contributed by atoms with van der Waals surface area (Å²) in [4.78, 5) is 26.2. The number of rotatable bonds is 8. The van der Waals surface area contributed by atoms with E-state index in [1.165, 1.54) is 0 Å². The Morgan fingerprint density at radius 1 is 0.792 bits per heavy atom. The molecule has 142 valence electrons. The standard InChI is InChI=1S/C19H39N3O2/c1-14(18(3,4)5)16(23)20-10-12-22(9)13-11-21-17(24)15(2)19(6,7)8/h14-15H,10-13H2,1-9H3,(H,20,23)(H,21,24). The lowest BCUT2D eigenvalue weighted by atomic mass is 9.81. The molecule has 0 spiro atoms. The van der Waals surface area contributed by atoms with Gasteiger partial charge in [-0.15, -0.1) is 0 Å². The van der Waals surface area contributed by atoms with Crippen molar-refractivity contribution in [1.82, 2.24) is 15.5 Å². The molecule has 0 aliphatic rings. The summed E-state index contributed by atoms with van der Waals surface area (Å²) in [6, 6.07) is 0. The highest BCUT2D eigenvalue weighted by Gasteiger charge is 2.27. The summed E-state index contributed by atoms with van der Waals surface area (Å²) in [5.74, 6) is 0.174. The van der Waals surface area contributed by atoms with Crippen LogP contribution in [0.5, 0.6) is 0 Å². The third kappa shape index (κ3) is 8.67. The molecule has 0 bridgehead atoms. The summed E-state index contributed by atoms with van der Waals surface area (Å²) in [5, 5.41) is 5.98. The van der Waals surface area contributed by atoms with Crippen LogP contribution in [-0.4, -0.2) is 49.9 Å². The average Bonchev–Trinajstić information content (AvgIpc) is 2.43. The molecule has 0 rings (SSSR count). The molecule has 0 saturated heterocycles. The lowest BCUT2D eigenvalue weighted by Crippen LogP contribution is -2.42. The van der Waals surface area contributed by atoms with Crippen molar-refractivity contribution in [1.29, 1.82) is 0 Å². The second-order valence-corrected chi connectivity index (χ2v) is 9.06. The molecule has 2 atom stereocenters. The zero-order valence-corrected chi connectivity index (χ0v) is 17.2. The van der Waals surface area contributed by atoms with Crippen LogP contribution in [0.3, 0.4) is 0 Å². The van der Waals surface area contributed by atoms with Crippen LogP contribution in [0.25, 0.3) is 0 Å². The Bertz CT molecular complexity index is 370. The van der Waals surface area contributed by atoms with Gasteiger partial charge in [-0.3, -0.25) is 9.59 Å². The van der Waals surface area contributed by atoms with Crippen LogP contribution >= 0.6 is 0 Å².